The van der Waals surface area contributed by atoms with Gasteiger partial charge in [-0.05, 0) is 33.6 Å². The van der Waals surface area contributed by atoms with E-state index in [4.69, 9.17) is 4.74 Å². The van der Waals surface area contributed by atoms with Crippen molar-refractivity contribution in [3.8, 4) is 0 Å². The molecule has 1 amide bonds. The lowest BCUT2D eigenvalue weighted by atomic mass is 9.94. The molecule has 1 aliphatic rings. The fourth-order valence-electron chi connectivity index (χ4n) is 1.74. The normalized spacial score (nSPS) is 18.0. The summed E-state index contributed by atoms with van der Waals surface area (Å²) in [6, 6.07) is 0. The maximum atomic E-state index is 11.5. The van der Waals surface area contributed by atoms with E-state index in [-0.39, 0.29) is 23.9 Å². The number of ketones is 1. The fraction of sp³-hybridized carbons (Fsp3) is 0.818. The van der Waals surface area contributed by atoms with Gasteiger partial charge in [0.1, 0.15) is 5.78 Å². The molecule has 1 saturated heterocycles. The largest absolute Gasteiger partial charge is 0.447 e. The first-order valence-corrected chi connectivity index (χ1v) is 5.46. The Hall–Kier alpha value is -1.06. The topological polar surface area (TPSA) is 46.6 Å². The van der Waals surface area contributed by atoms with Crippen molar-refractivity contribution >= 4 is 11.9 Å². The van der Waals surface area contributed by atoms with Crippen LogP contribution in [0.15, 0.2) is 0 Å². The molecule has 0 unspecified atom stereocenters. The molecule has 0 atom stereocenters. The summed E-state index contributed by atoms with van der Waals surface area (Å²) in [5, 5.41) is 0. The molecule has 0 aromatic carbocycles. The molecule has 0 aromatic rings. The summed E-state index contributed by atoms with van der Waals surface area (Å²) in [7, 11) is 0. The zero-order valence-corrected chi connectivity index (χ0v) is 9.66. The van der Waals surface area contributed by atoms with Gasteiger partial charge in [-0.2, -0.15) is 0 Å². The van der Waals surface area contributed by atoms with E-state index < -0.39 is 0 Å². The van der Waals surface area contributed by atoms with Crippen LogP contribution in [0.25, 0.3) is 0 Å². The Morgan fingerprint density at radius 1 is 1.27 bits per heavy atom. The van der Waals surface area contributed by atoms with Crippen molar-refractivity contribution in [1.82, 2.24) is 4.90 Å². The predicted molar refractivity (Wildman–Crippen MR) is 56.6 cm³/mol. The van der Waals surface area contributed by atoms with Crippen LogP contribution in [0.1, 0.15) is 33.6 Å². The molecule has 1 fully saturated rings. The second-order valence-electron chi connectivity index (χ2n) is 4.30. The van der Waals surface area contributed by atoms with Crippen LogP contribution in [0.2, 0.25) is 0 Å². The second-order valence-corrected chi connectivity index (χ2v) is 4.30. The smallest absolute Gasteiger partial charge is 0.410 e. The molecular weight excluding hydrogens is 194 g/mol. The Kier molecular flexibility index (Phi) is 4.12. The van der Waals surface area contributed by atoms with E-state index >= 15 is 0 Å². The molecule has 0 aliphatic carbocycles. The summed E-state index contributed by atoms with van der Waals surface area (Å²) in [6.45, 7) is 6.55. The van der Waals surface area contributed by atoms with Gasteiger partial charge in [-0.1, -0.05) is 0 Å². The lowest BCUT2D eigenvalue weighted by Gasteiger charge is -2.30. The predicted octanol–water partition coefficient (Wildman–Crippen LogP) is 1.83. The maximum Gasteiger partial charge on any atom is 0.410 e. The molecule has 86 valence electrons. The zero-order chi connectivity index (χ0) is 11.4. The molecule has 1 heterocycles. The van der Waals surface area contributed by atoms with Crippen molar-refractivity contribution in [2.24, 2.45) is 5.92 Å². The molecular formula is C11H19NO3. The van der Waals surface area contributed by atoms with E-state index in [1.807, 2.05) is 13.8 Å². The molecule has 0 aromatic heterocycles. The fourth-order valence-corrected chi connectivity index (χ4v) is 1.74. The van der Waals surface area contributed by atoms with Crippen molar-refractivity contribution in [1.29, 1.82) is 0 Å². The van der Waals surface area contributed by atoms with E-state index in [2.05, 4.69) is 0 Å². The molecule has 4 heteroatoms. The standard InChI is InChI=1S/C11H19NO3/c1-8(2)15-11(14)12-6-4-10(5-7-12)9(3)13/h8,10H,4-7H2,1-3H3. The van der Waals surface area contributed by atoms with Crippen LogP contribution in [-0.2, 0) is 9.53 Å². The van der Waals surface area contributed by atoms with E-state index in [1.54, 1.807) is 11.8 Å². The molecule has 15 heavy (non-hydrogen) atoms. The van der Waals surface area contributed by atoms with E-state index in [9.17, 15) is 9.59 Å². The van der Waals surface area contributed by atoms with Gasteiger partial charge in [0.25, 0.3) is 0 Å². The number of amides is 1. The molecule has 0 saturated carbocycles. The Morgan fingerprint density at radius 2 is 1.80 bits per heavy atom. The summed E-state index contributed by atoms with van der Waals surface area (Å²) in [5.41, 5.74) is 0. The minimum absolute atomic E-state index is 0.0805. The average Bonchev–Trinajstić information content (AvgIpc) is 2.17. The summed E-state index contributed by atoms with van der Waals surface area (Å²) in [6.07, 6.45) is 1.19. The third kappa shape index (κ3) is 3.53. The van der Waals surface area contributed by atoms with Crippen LogP contribution in [0.5, 0.6) is 0 Å². The number of piperidine rings is 1. The number of likely N-dealkylation sites (tertiary alicyclic amines) is 1. The van der Waals surface area contributed by atoms with Gasteiger partial charge in [0.05, 0.1) is 6.10 Å². The highest BCUT2D eigenvalue weighted by Gasteiger charge is 2.26. The van der Waals surface area contributed by atoms with Crippen molar-refractivity contribution < 1.29 is 14.3 Å². The van der Waals surface area contributed by atoms with Gasteiger partial charge in [0, 0.05) is 19.0 Å². The Labute approximate surface area is 90.6 Å². The maximum absolute atomic E-state index is 11.5. The van der Waals surface area contributed by atoms with Crippen molar-refractivity contribution in [3.63, 3.8) is 0 Å². The number of Topliss-reactive ketones (excluding diaryl/α,β-unsaturated/α-hetero) is 1. The molecule has 0 bridgehead atoms. The van der Waals surface area contributed by atoms with Crippen molar-refractivity contribution in [3.05, 3.63) is 0 Å². The van der Waals surface area contributed by atoms with Gasteiger partial charge in [-0.15, -0.1) is 0 Å². The van der Waals surface area contributed by atoms with Gasteiger partial charge in [0.15, 0.2) is 0 Å². The van der Waals surface area contributed by atoms with Crippen LogP contribution in [0, 0.1) is 5.92 Å². The minimum atomic E-state index is -0.257. The molecule has 0 spiro atoms. The summed E-state index contributed by atoms with van der Waals surface area (Å²) < 4.78 is 5.09. The first-order valence-electron chi connectivity index (χ1n) is 5.46. The second kappa shape index (κ2) is 5.14. The molecule has 1 rings (SSSR count). The lowest BCUT2D eigenvalue weighted by molar-refractivity contribution is -0.122. The number of rotatable bonds is 2. The Morgan fingerprint density at radius 3 is 2.20 bits per heavy atom. The van der Waals surface area contributed by atoms with Crippen molar-refractivity contribution in [2.45, 2.75) is 39.7 Å². The number of carbonyl (C=O) groups is 2. The monoisotopic (exact) mass is 213 g/mol. The molecule has 0 N–H and O–H groups in total. The Balaban J connectivity index is 2.37. The van der Waals surface area contributed by atoms with Crippen LogP contribution >= 0.6 is 0 Å². The number of carbonyl (C=O) groups excluding carboxylic acids is 2. The molecule has 4 nitrogen and oxygen atoms in total. The van der Waals surface area contributed by atoms with Crippen LogP contribution in [0.3, 0.4) is 0 Å². The van der Waals surface area contributed by atoms with Gasteiger partial charge in [-0.25, -0.2) is 4.79 Å². The minimum Gasteiger partial charge on any atom is -0.447 e. The van der Waals surface area contributed by atoms with Crippen LogP contribution in [-0.4, -0.2) is 36.0 Å². The first kappa shape index (κ1) is 12.0. The van der Waals surface area contributed by atoms with E-state index in [1.165, 1.54) is 0 Å². The number of ether oxygens (including phenoxy) is 1. The third-order valence-electron chi connectivity index (χ3n) is 2.66. The highest BCUT2D eigenvalue weighted by molar-refractivity contribution is 5.78. The summed E-state index contributed by atoms with van der Waals surface area (Å²) in [5.74, 6) is 0.361. The first-order chi connectivity index (χ1) is 7.00. The molecule has 1 aliphatic heterocycles. The van der Waals surface area contributed by atoms with Gasteiger partial charge in [-0.3, -0.25) is 4.79 Å². The van der Waals surface area contributed by atoms with Gasteiger partial charge in [0.2, 0.25) is 0 Å². The van der Waals surface area contributed by atoms with Gasteiger partial charge >= 0.3 is 6.09 Å². The highest BCUT2D eigenvalue weighted by atomic mass is 16.6. The number of hydrogen-bond donors (Lipinski definition) is 0. The number of nitrogens with zero attached hydrogens (tertiary/aromatic N) is 1. The Bertz CT molecular complexity index is 242. The quantitative estimate of drug-likeness (QED) is 0.703. The van der Waals surface area contributed by atoms with Gasteiger partial charge < -0.3 is 9.64 Å². The molecule has 0 radical (unpaired) electrons. The SMILES string of the molecule is CC(=O)C1CCN(C(=O)OC(C)C)CC1. The van der Waals surface area contributed by atoms with E-state index in [0.29, 0.717) is 13.1 Å². The summed E-state index contributed by atoms with van der Waals surface area (Å²) in [4.78, 5) is 24.3. The average molecular weight is 213 g/mol. The summed E-state index contributed by atoms with van der Waals surface area (Å²) >= 11 is 0. The third-order valence-corrected chi connectivity index (χ3v) is 2.66. The van der Waals surface area contributed by atoms with Crippen LogP contribution < -0.4 is 0 Å². The van der Waals surface area contributed by atoms with E-state index in [0.717, 1.165) is 12.8 Å². The highest BCUT2D eigenvalue weighted by Crippen LogP contribution is 2.18. The lowest BCUT2D eigenvalue weighted by Crippen LogP contribution is -2.40. The zero-order valence-electron chi connectivity index (χ0n) is 9.66. The van der Waals surface area contributed by atoms with Crippen LogP contribution in [0.4, 0.5) is 4.79 Å². The van der Waals surface area contributed by atoms with Crippen molar-refractivity contribution in [2.75, 3.05) is 13.1 Å². The number of hydrogen-bond acceptors (Lipinski definition) is 3.